The highest BCUT2D eigenvalue weighted by Crippen LogP contribution is 2.47. The van der Waals surface area contributed by atoms with Crippen LogP contribution < -0.4 is 5.73 Å². The molecule has 0 amide bonds. The molecule has 0 spiro atoms. The van der Waals surface area contributed by atoms with Crippen molar-refractivity contribution in [3.63, 3.8) is 0 Å². The average Bonchev–Trinajstić information content (AvgIpc) is 2.48. The third-order valence-corrected chi connectivity index (χ3v) is 1.92. The van der Waals surface area contributed by atoms with E-state index in [0.29, 0.717) is 6.54 Å². The molecule has 3 nitrogen and oxygen atoms in total. The van der Waals surface area contributed by atoms with Crippen LogP contribution in [-0.2, 0) is 4.79 Å². The minimum absolute atomic E-state index is 0. The van der Waals surface area contributed by atoms with Crippen molar-refractivity contribution >= 4 is 18.4 Å². The molecule has 1 aliphatic carbocycles. The van der Waals surface area contributed by atoms with Gasteiger partial charge in [0.25, 0.3) is 0 Å². The van der Waals surface area contributed by atoms with E-state index in [4.69, 9.17) is 10.8 Å². The summed E-state index contributed by atoms with van der Waals surface area (Å²) in [7, 11) is 0. The van der Waals surface area contributed by atoms with Crippen molar-refractivity contribution in [2.45, 2.75) is 19.3 Å². The Hall–Kier alpha value is -0.280. The summed E-state index contributed by atoms with van der Waals surface area (Å²) < 4.78 is 0. The first-order valence-electron chi connectivity index (χ1n) is 3.10. The van der Waals surface area contributed by atoms with E-state index in [1.165, 1.54) is 0 Å². The highest BCUT2D eigenvalue weighted by atomic mass is 35.5. The van der Waals surface area contributed by atoms with Crippen molar-refractivity contribution < 1.29 is 9.90 Å². The zero-order chi connectivity index (χ0) is 6.91. The van der Waals surface area contributed by atoms with Gasteiger partial charge in [-0.2, -0.15) is 0 Å². The largest absolute Gasteiger partial charge is 0.481 e. The lowest BCUT2D eigenvalue weighted by Crippen LogP contribution is -2.18. The van der Waals surface area contributed by atoms with Crippen molar-refractivity contribution in [1.29, 1.82) is 0 Å². The molecule has 0 aromatic rings. The average molecular weight is 166 g/mol. The zero-order valence-corrected chi connectivity index (χ0v) is 6.49. The summed E-state index contributed by atoms with van der Waals surface area (Å²) in [5, 5.41) is 8.36. The van der Waals surface area contributed by atoms with Gasteiger partial charge in [0.2, 0.25) is 0 Å². The van der Waals surface area contributed by atoms with E-state index in [1.807, 2.05) is 0 Å². The molecule has 1 saturated carbocycles. The molecule has 0 unspecified atom stereocenters. The third kappa shape index (κ3) is 2.15. The van der Waals surface area contributed by atoms with Crippen LogP contribution in [0, 0.1) is 5.41 Å². The number of rotatable bonds is 3. The summed E-state index contributed by atoms with van der Waals surface area (Å²) in [4.78, 5) is 10.2. The molecule has 0 bridgehead atoms. The SMILES string of the molecule is Cl.NCC1(CC(=O)O)CC1. The van der Waals surface area contributed by atoms with Crippen LogP contribution in [0.25, 0.3) is 0 Å². The molecular formula is C6H12ClNO2. The predicted octanol–water partition coefficient (Wildman–Crippen LogP) is 0.622. The van der Waals surface area contributed by atoms with E-state index in [2.05, 4.69) is 0 Å². The second-order valence-corrected chi connectivity index (χ2v) is 2.77. The summed E-state index contributed by atoms with van der Waals surface area (Å²) in [6.07, 6.45) is 2.25. The Bertz CT molecular complexity index is 134. The van der Waals surface area contributed by atoms with E-state index < -0.39 is 5.97 Å². The number of halogens is 1. The number of hydrogen-bond donors (Lipinski definition) is 2. The maximum Gasteiger partial charge on any atom is 0.303 e. The lowest BCUT2D eigenvalue weighted by molar-refractivity contribution is -0.138. The number of aliphatic carboxylic acids is 1. The van der Waals surface area contributed by atoms with Crippen molar-refractivity contribution in [3.8, 4) is 0 Å². The molecule has 1 fully saturated rings. The van der Waals surface area contributed by atoms with Gasteiger partial charge in [0.1, 0.15) is 0 Å². The Balaban J connectivity index is 0.000000810. The van der Waals surface area contributed by atoms with Crippen molar-refractivity contribution in [2.75, 3.05) is 6.54 Å². The number of nitrogens with two attached hydrogens (primary N) is 1. The summed E-state index contributed by atoms with van der Waals surface area (Å²) >= 11 is 0. The minimum atomic E-state index is -0.724. The van der Waals surface area contributed by atoms with Crippen LogP contribution in [0.1, 0.15) is 19.3 Å². The molecule has 0 heterocycles. The summed E-state index contributed by atoms with van der Waals surface area (Å²) in [5.74, 6) is -0.724. The van der Waals surface area contributed by atoms with Gasteiger partial charge in [-0.3, -0.25) is 4.79 Å². The van der Waals surface area contributed by atoms with E-state index in [1.54, 1.807) is 0 Å². The Labute approximate surface area is 66.0 Å². The fourth-order valence-electron chi connectivity index (χ4n) is 0.951. The van der Waals surface area contributed by atoms with E-state index in [-0.39, 0.29) is 24.2 Å². The van der Waals surface area contributed by atoms with Gasteiger partial charge in [-0.05, 0) is 24.8 Å². The Morgan fingerprint density at radius 1 is 1.60 bits per heavy atom. The van der Waals surface area contributed by atoms with E-state index in [0.717, 1.165) is 12.8 Å². The van der Waals surface area contributed by atoms with Gasteiger partial charge in [-0.1, -0.05) is 0 Å². The Kier molecular flexibility index (Phi) is 3.12. The Morgan fingerprint density at radius 2 is 2.10 bits per heavy atom. The van der Waals surface area contributed by atoms with Crippen LogP contribution in [0.2, 0.25) is 0 Å². The van der Waals surface area contributed by atoms with Gasteiger partial charge < -0.3 is 10.8 Å². The fourth-order valence-corrected chi connectivity index (χ4v) is 0.951. The minimum Gasteiger partial charge on any atom is -0.481 e. The second kappa shape index (κ2) is 3.21. The summed E-state index contributed by atoms with van der Waals surface area (Å²) in [6, 6.07) is 0. The van der Waals surface area contributed by atoms with Gasteiger partial charge in [0.05, 0.1) is 6.42 Å². The number of carboxylic acid groups (broad SMARTS) is 1. The van der Waals surface area contributed by atoms with Crippen LogP contribution in [0.3, 0.4) is 0 Å². The molecule has 3 N–H and O–H groups in total. The maximum atomic E-state index is 10.2. The smallest absolute Gasteiger partial charge is 0.303 e. The predicted molar refractivity (Wildman–Crippen MR) is 40.2 cm³/mol. The molecule has 10 heavy (non-hydrogen) atoms. The fraction of sp³-hybridized carbons (Fsp3) is 0.833. The van der Waals surface area contributed by atoms with Crippen LogP contribution in [0.4, 0.5) is 0 Å². The number of carbonyl (C=O) groups is 1. The molecular weight excluding hydrogens is 154 g/mol. The first-order valence-corrected chi connectivity index (χ1v) is 3.10. The van der Waals surface area contributed by atoms with Crippen molar-refractivity contribution in [2.24, 2.45) is 11.1 Å². The molecule has 0 radical (unpaired) electrons. The number of carboxylic acids is 1. The maximum absolute atomic E-state index is 10.2. The van der Waals surface area contributed by atoms with Gasteiger partial charge >= 0.3 is 5.97 Å². The number of hydrogen-bond acceptors (Lipinski definition) is 2. The van der Waals surface area contributed by atoms with Gasteiger partial charge in [0, 0.05) is 0 Å². The normalized spacial score (nSPS) is 19.3. The molecule has 0 saturated heterocycles. The second-order valence-electron chi connectivity index (χ2n) is 2.77. The highest BCUT2D eigenvalue weighted by Gasteiger charge is 2.42. The molecule has 0 aromatic carbocycles. The third-order valence-electron chi connectivity index (χ3n) is 1.92. The van der Waals surface area contributed by atoms with Crippen LogP contribution in [-0.4, -0.2) is 17.6 Å². The molecule has 1 aliphatic rings. The molecule has 0 aliphatic heterocycles. The topological polar surface area (TPSA) is 63.3 Å². The van der Waals surface area contributed by atoms with Crippen LogP contribution in [0.5, 0.6) is 0 Å². The standard InChI is InChI=1S/C6H11NO2.ClH/c7-4-6(1-2-6)3-5(8)9;/h1-4,7H2,(H,8,9);1H. The van der Waals surface area contributed by atoms with E-state index in [9.17, 15) is 4.79 Å². The molecule has 1 rings (SSSR count). The lowest BCUT2D eigenvalue weighted by Gasteiger charge is -2.05. The monoisotopic (exact) mass is 165 g/mol. The molecule has 4 heteroatoms. The van der Waals surface area contributed by atoms with E-state index >= 15 is 0 Å². The summed E-state index contributed by atoms with van der Waals surface area (Å²) in [5.41, 5.74) is 5.35. The first-order chi connectivity index (χ1) is 4.18. The molecule has 0 atom stereocenters. The zero-order valence-electron chi connectivity index (χ0n) is 5.67. The van der Waals surface area contributed by atoms with Crippen molar-refractivity contribution in [3.05, 3.63) is 0 Å². The lowest BCUT2D eigenvalue weighted by atomic mass is 10.0. The Morgan fingerprint density at radius 3 is 2.20 bits per heavy atom. The molecule has 0 aromatic heterocycles. The van der Waals surface area contributed by atoms with Crippen molar-refractivity contribution in [1.82, 2.24) is 0 Å². The van der Waals surface area contributed by atoms with Gasteiger partial charge in [0.15, 0.2) is 0 Å². The molecule has 60 valence electrons. The van der Waals surface area contributed by atoms with Crippen LogP contribution >= 0.6 is 12.4 Å². The first kappa shape index (κ1) is 9.72. The quantitative estimate of drug-likeness (QED) is 0.645. The van der Waals surface area contributed by atoms with Crippen LogP contribution in [0.15, 0.2) is 0 Å². The van der Waals surface area contributed by atoms with Gasteiger partial charge in [-0.25, -0.2) is 0 Å². The summed E-state index contributed by atoms with van der Waals surface area (Å²) in [6.45, 7) is 0.527. The van der Waals surface area contributed by atoms with Gasteiger partial charge in [-0.15, -0.1) is 12.4 Å². The highest BCUT2D eigenvalue weighted by molar-refractivity contribution is 5.85.